The predicted octanol–water partition coefficient (Wildman–Crippen LogP) is 4.59. The fourth-order valence-corrected chi connectivity index (χ4v) is 2.79. The molecule has 0 aliphatic heterocycles. The lowest BCUT2D eigenvalue weighted by molar-refractivity contribution is -0.117. The van der Waals surface area contributed by atoms with Gasteiger partial charge in [-0.1, -0.05) is 61.1 Å². The molecular formula is C18H22O. The number of Topliss-reactive ketones (excluding diaryl/α,β-unsaturated/α-hetero) is 1. The van der Waals surface area contributed by atoms with Crippen LogP contribution in [0.25, 0.3) is 0 Å². The van der Waals surface area contributed by atoms with Gasteiger partial charge >= 0.3 is 0 Å². The Morgan fingerprint density at radius 2 is 1.95 bits per heavy atom. The quantitative estimate of drug-likeness (QED) is 0.679. The normalized spacial score (nSPS) is 21.5. The molecule has 0 saturated heterocycles. The van der Waals surface area contributed by atoms with Crippen LogP contribution >= 0.6 is 0 Å². The monoisotopic (exact) mass is 254 g/mol. The first-order valence-corrected chi connectivity index (χ1v) is 7.12. The molecule has 1 aliphatic rings. The lowest BCUT2D eigenvalue weighted by Gasteiger charge is -2.32. The maximum absolute atomic E-state index is 11.0. The van der Waals surface area contributed by atoms with E-state index in [0.29, 0.717) is 12.2 Å². The molecule has 100 valence electrons. The van der Waals surface area contributed by atoms with E-state index in [-0.39, 0.29) is 5.41 Å². The lowest BCUT2D eigenvalue weighted by Crippen LogP contribution is -2.24. The Labute approximate surface area is 116 Å². The first kappa shape index (κ1) is 13.8. The summed E-state index contributed by atoms with van der Waals surface area (Å²) in [5.41, 5.74) is 1.52. The Bertz CT molecular complexity index is 470. The minimum absolute atomic E-state index is 0.132. The summed E-state index contributed by atoms with van der Waals surface area (Å²) in [4.78, 5) is 11.0. The van der Waals surface area contributed by atoms with E-state index in [1.54, 1.807) is 6.92 Å². The van der Waals surface area contributed by atoms with Crippen LogP contribution in [-0.2, 0) is 10.2 Å². The largest absolute Gasteiger partial charge is 0.300 e. The van der Waals surface area contributed by atoms with E-state index in [2.05, 4.69) is 54.6 Å². The Kier molecular flexibility index (Phi) is 4.73. The summed E-state index contributed by atoms with van der Waals surface area (Å²) in [5, 5.41) is 0. The van der Waals surface area contributed by atoms with Crippen molar-refractivity contribution < 1.29 is 4.79 Å². The lowest BCUT2D eigenvalue weighted by atomic mass is 9.72. The molecule has 0 N–H and O–H groups in total. The number of benzene rings is 1. The summed E-state index contributed by atoms with van der Waals surface area (Å²) < 4.78 is 0. The molecule has 0 amide bonds. The van der Waals surface area contributed by atoms with E-state index in [1.807, 2.05) is 0 Å². The van der Waals surface area contributed by atoms with Gasteiger partial charge in [-0.2, -0.15) is 0 Å². The number of hydrogen-bond acceptors (Lipinski definition) is 1. The standard InChI is InChI=1S/C18H22O/c1-16(19)10-6-9-15-18(13-7-3-8-14-18)17-11-4-2-5-12-17/h2-5,7-8,11-13H,6,9-10,14-15H2,1H3. The van der Waals surface area contributed by atoms with Crippen LogP contribution in [0.15, 0.2) is 54.6 Å². The number of hydrogen-bond donors (Lipinski definition) is 0. The average Bonchev–Trinajstić information content (AvgIpc) is 2.45. The number of ketones is 1. The Morgan fingerprint density at radius 3 is 2.58 bits per heavy atom. The fraction of sp³-hybridized carbons (Fsp3) is 0.389. The van der Waals surface area contributed by atoms with Gasteiger partial charge in [-0.15, -0.1) is 0 Å². The smallest absolute Gasteiger partial charge is 0.129 e. The van der Waals surface area contributed by atoms with E-state index >= 15 is 0 Å². The molecule has 1 aliphatic carbocycles. The van der Waals surface area contributed by atoms with Crippen molar-refractivity contribution >= 4 is 5.78 Å². The van der Waals surface area contributed by atoms with Gasteiger partial charge in [0.25, 0.3) is 0 Å². The van der Waals surface area contributed by atoms with Gasteiger partial charge in [0.15, 0.2) is 0 Å². The molecule has 0 bridgehead atoms. The van der Waals surface area contributed by atoms with Crippen LogP contribution in [0.2, 0.25) is 0 Å². The van der Waals surface area contributed by atoms with Crippen LogP contribution in [0.1, 0.15) is 44.6 Å². The van der Waals surface area contributed by atoms with Gasteiger partial charge in [0, 0.05) is 11.8 Å². The van der Waals surface area contributed by atoms with Gasteiger partial charge in [0.2, 0.25) is 0 Å². The third-order valence-corrected chi connectivity index (χ3v) is 3.89. The number of carbonyl (C=O) groups is 1. The second kappa shape index (κ2) is 6.51. The Balaban J connectivity index is 2.06. The fourth-order valence-electron chi connectivity index (χ4n) is 2.79. The van der Waals surface area contributed by atoms with Crippen molar-refractivity contribution in [2.24, 2.45) is 0 Å². The zero-order valence-electron chi connectivity index (χ0n) is 11.6. The minimum atomic E-state index is 0.132. The van der Waals surface area contributed by atoms with Crippen molar-refractivity contribution in [2.45, 2.75) is 44.4 Å². The highest BCUT2D eigenvalue weighted by molar-refractivity contribution is 5.75. The number of carbonyl (C=O) groups excluding carboxylic acids is 1. The van der Waals surface area contributed by atoms with E-state index in [0.717, 1.165) is 25.7 Å². The van der Waals surface area contributed by atoms with Crippen molar-refractivity contribution in [1.82, 2.24) is 0 Å². The molecule has 1 unspecified atom stereocenters. The summed E-state index contributed by atoms with van der Waals surface area (Å²) in [6, 6.07) is 10.7. The highest BCUT2D eigenvalue weighted by Gasteiger charge is 2.28. The van der Waals surface area contributed by atoms with Crippen molar-refractivity contribution in [1.29, 1.82) is 0 Å². The Hall–Kier alpha value is -1.63. The van der Waals surface area contributed by atoms with Crippen molar-refractivity contribution in [3.05, 3.63) is 60.2 Å². The van der Waals surface area contributed by atoms with E-state index in [1.165, 1.54) is 5.56 Å². The van der Waals surface area contributed by atoms with Crippen LogP contribution in [0.5, 0.6) is 0 Å². The molecule has 0 saturated carbocycles. The molecular weight excluding hydrogens is 232 g/mol. The molecule has 0 heterocycles. The second-order valence-corrected chi connectivity index (χ2v) is 5.42. The van der Waals surface area contributed by atoms with Crippen LogP contribution in [0.4, 0.5) is 0 Å². The number of allylic oxidation sites excluding steroid dienone is 4. The van der Waals surface area contributed by atoms with Gasteiger partial charge in [-0.05, 0) is 31.7 Å². The van der Waals surface area contributed by atoms with Crippen molar-refractivity contribution in [2.75, 3.05) is 0 Å². The molecule has 0 aromatic heterocycles. The summed E-state index contributed by atoms with van der Waals surface area (Å²) >= 11 is 0. The van der Waals surface area contributed by atoms with E-state index < -0.39 is 0 Å². The SMILES string of the molecule is CC(=O)CCCCC1(c2ccccc2)C=CC=CC1. The molecule has 1 aromatic carbocycles. The molecule has 1 heteroatoms. The third kappa shape index (κ3) is 3.66. The maximum Gasteiger partial charge on any atom is 0.129 e. The van der Waals surface area contributed by atoms with Gasteiger partial charge in [-0.25, -0.2) is 0 Å². The summed E-state index contributed by atoms with van der Waals surface area (Å²) in [6.45, 7) is 1.68. The van der Waals surface area contributed by atoms with Crippen molar-refractivity contribution in [3.8, 4) is 0 Å². The molecule has 0 fully saturated rings. The molecule has 0 radical (unpaired) electrons. The second-order valence-electron chi connectivity index (χ2n) is 5.42. The first-order valence-electron chi connectivity index (χ1n) is 7.12. The predicted molar refractivity (Wildman–Crippen MR) is 80.2 cm³/mol. The Morgan fingerprint density at radius 1 is 1.16 bits per heavy atom. The highest BCUT2D eigenvalue weighted by atomic mass is 16.1. The number of unbranched alkanes of at least 4 members (excludes halogenated alkanes) is 1. The van der Waals surface area contributed by atoms with Crippen LogP contribution in [0.3, 0.4) is 0 Å². The van der Waals surface area contributed by atoms with Gasteiger partial charge < -0.3 is 4.79 Å². The molecule has 0 spiro atoms. The summed E-state index contributed by atoms with van der Waals surface area (Å²) in [5.74, 6) is 0.299. The molecule has 1 nitrogen and oxygen atoms in total. The molecule has 1 atom stereocenters. The molecule has 19 heavy (non-hydrogen) atoms. The third-order valence-electron chi connectivity index (χ3n) is 3.89. The van der Waals surface area contributed by atoms with Gasteiger partial charge in [0.1, 0.15) is 5.78 Å². The first-order chi connectivity index (χ1) is 9.23. The minimum Gasteiger partial charge on any atom is -0.300 e. The van der Waals surface area contributed by atoms with Crippen molar-refractivity contribution in [3.63, 3.8) is 0 Å². The summed E-state index contributed by atoms with van der Waals surface area (Å²) in [6.07, 6.45) is 13.9. The molecule has 1 aromatic rings. The van der Waals surface area contributed by atoms with Crippen LogP contribution in [-0.4, -0.2) is 5.78 Å². The van der Waals surface area contributed by atoms with Gasteiger partial charge in [0.05, 0.1) is 0 Å². The molecule has 2 rings (SSSR count). The van der Waals surface area contributed by atoms with E-state index in [4.69, 9.17) is 0 Å². The van der Waals surface area contributed by atoms with Crippen LogP contribution < -0.4 is 0 Å². The topological polar surface area (TPSA) is 17.1 Å². The van der Waals surface area contributed by atoms with Gasteiger partial charge in [-0.3, -0.25) is 0 Å². The number of rotatable bonds is 6. The maximum atomic E-state index is 11.0. The average molecular weight is 254 g/mol. The summed E-state index contributed by atoms with van der Waals surface area (Å²) in [7, 11) is 0. The zero-order chi connectivity index (χ0) is 13.6. The highest BCUT2D eigenvalue weighted by Crippen LogP contribution is 2.37. The van der Waals surface area contributed by atoms with Crippen LogP contribution in [0, 0.1) is 0 Å². The zero-order valence-corrected chi connectivity index (χ0v) is 11.6. The van der Waals surface area contributed by atoms with E-state index in [9.17, 15) is 4.79 Å².